The molecule has 27 heavy (non-hydrogen) atoms. The molecule has 0 unspecified atom stereocenters. The van der Waals surface area contributed by atoms with E-state index in [1.807, 2.05) is 6.92 Å². The Morgan fingerprint density at radius 1 is 1.30 bits per heavy atom. The standard InChI is InChI=1S/C19H18F2N4O2/c1-2-27-13-7-5-12(6-8-13)22-19(26)15-10-17-23-14(11-3-4-11)9-16(18(20)21)25(17)24-15/h5-11,18H,2-4H2,1H3,(H,22,26). The number of hydrogen-bond donors (Lipinski definition) is 1. The summed E-state index contributed by atoms with van der Waals surface area (Å²) in [5, 5.41) is 6.74. The van der Waals surface area contributed by atoms with Gasteiger partial charge in [-0.15, -0.1) is 0 Å². The zero-order chi connectivity index (χ0) is 19.0. The molecule has 2 heterocycles. The SMILES string of the molecule is CCOc1ccc(NC(=O)c2cc3nc(C4CC4)cc(C(F)F)n3n2)cc1. The molecule has 0 spiro atoms. The number of aromatic nitrogens is 3. The summed E-state index contributed by atoms with van der Waals surface area (Å²) in [6.07, 6.45) is -0.800. The van der Waals surface area contributed by atoms with E-state index in [0.29, 0.717) is 23.7 Å². The van der Waals surface area contributed by atoms with Crippen LogP contribution in [-0.4, -0.2) is 27.1 Å². The summed E-state index contributed by atoms with van der Waals surface area (Å²) in [5.41, 5.74) is 1.23. The lowest BCUT2D eigenvalue weighted by Crippen LogP contribution is -2.13. The number of anilines is 1. The minimum absolute atomic E-state index is 0.0335. The summed E-state index contributed by atoms with van der Waals surface area (Å²) in [5.74, 6) is 0.433. The van der Waals surface area contributed by atoms with Gasteiger partial charge in [0.15, 0.2) is 11.3 Å². The van der Waals surface area contributed by atoms with E-state index in [1.165, 1.54) is 12.1 Å². The number of nitrogens with zero attached hydrogens (tertiary/aromatic N) is 3. The van der Waals surface area contributed by atoms with Crippen LogP contribution in [-0.2, 0) is 0 Å². The molecule has 1 aliphatic carbocycles. The van der Waals surface area contributed by atoms with Gasteiger partial charge in [0.2, 0.25) is 0 Å². The fourth-order valence-electron chi connectivity index (χ4n) is 2.87. The highest BCUT2D eigenvalue weighted by atomic mass is 19.3. The topological polar surface area (TPSA) is 68.5 Å². The Balaban J connectivity index is 1.61. The molecule has 140 valence electrons. The van der Waals surface area contributed by atoms with Crippen LogP contribution in [0.25, 0.3) is 5.65 Å². The van der Waals surface area contributed by atoms with Crippen LogP contribution in [0.4, 0.5) is 14.5 Å². The van der Waals surface area contributed by atoms with Crippen LogP contribution in [0.1, 0.15) is 54.0 Å². The van der Waals surface area contributed by atoms with Gasteiger partial charge >= 0.3 is 0 Å². The summed E-state index contributed by atoms with van der Waals surface area (Å²) < 4.78 is 33.2. The van der Waals surface area contributed by atoms with Gasteiger partial charge in [-0.2, -0.15) is 5.10 Å². The monoisotopic (exact) mass is 372 g/mol. The fraction of sp³-hybridized carbons (Fsp3) is 0.316. The minimum atomic E-state index is -2.70. The molecule has 1 aliphatic rings. The van der Waals surface area contributed by atoms with E-state index >= 15 is 0 Å². The lowest BCUT2D eigenvalue weighted by molar-refractivity contribution is 0.102. The number of ether oxygens (including phenoxy) is 1. The van der Waals surface area contributed by atoms with Crippen LogP contribution in [0, 0.1) is 0 Å². The van der Waals surface area contributed by atoms with Crippen LogP contribution in [0.5, 0.6) is 5.75 Å². The third-order valence-corrected chi connectivity index (χ3v) is 4.35. The maximum absolute atomic E-state index is 13.4. The average molecular weight is 372 g/mol. The van der Waals surface area contributed by atoms with Crippen molar-refractivity contribution in [3.8, 4) is 5.75 Å². The predicted octanol–water partition coefficient (Wildman–Crippen LogP) is 4.20. The summed E-state index contributed by atoms with van der Waals surface area (Å²) in [4.78, 5) is 16.9. The van der Waals surface area contributed by atoms with Gasteiger partial charge in [-0.25, -0.2) is 18.3 Å². The fourth-order valence-corrected chi connectivity index (χ4v) is 2.87. The normalized spacial score (nSPS) is 13.9. The first-order valence-electron chi connectivity index (χ1n) is 8.78. The molecule has 1 amide bonds. The number of carbonyl (C=O) groups is 1. The van der Waals surface area contributed by atoms with E-state index in [-0.39, 0.29) is 23.0 Å². The van der Waals surface area contributed by atoms with E-state index in [2.05, 4.69) is 15.4 Å². The molecule has 3 aromatic rings. The van der Waals surface area contributed by atoms with Crippen LogP contribution in [0.2, 0.25) is 0 Å². The smallest absolute Gasteiger partial charge is 0.280 e. The molecular formula is C19H18F2N4O2. The first-order chi connectivity index (χ1) is 13.0. The molecule has 0 atom stereocenters. The van der Waals surface area contributed by atoms with Crippen LogP contribution in [0.3, 0.4) is 0 Å². The van der Waals surface area contributed by atoms with Crippen molar-refractivity contribution >= 4 is 17.2 Å². The second-order valence-corrected chi connectivity index (χ2v) is 6.39. The summed E-state index contributed by atoms with van der Waals surface area (Å²) >= 11 is 0. The Morgan fingerprint density at radius 3 is 2.67 bits per heavy atom. The second kappa shape index (κ2) is 6.94. The van der Waals surface area contributed by atoms with E-state index < -0.39 is 12.3 Å². The number of carbonyl (C=O) groups excluding carboxylic acids is 1. The molecule has 0 aliphatic heterocycles. The van der Waals surface area contributed by atoms with Gasteiger partial charge in [0.25, 0.3) is 12.3 Å². The van der Waals surface area contributed by atoms with Crippen molar-refractivity contribution in [2.45, 2.75) is 32.1 Å². The summed E-state index contributed by atoms with van der Waals surface area (Å²) in [7, 11) is 0. The Hall–Kier alpha value is -3.03. The number of rotatable bonds is 6. The number of fused-ring (bicyclic) bond motifs is 1. The quantitative estimate of drug-likeness (QED) is 0.704. The highest BCUT2D eigenvalue weighted by molar-refractivity contribution is 6.03. The second-order valence-electron chi connectivity index (χ2n) is 6.39. The number of nitrogens with one attached hydrogen (secondary N) is 1. The molecule has 6 nitrogen and oxygen atoms in total. The molecule has 4 rings (SSSR count). The van der Waals surface area contributed by atoms with Crippen molar-refractivity contribution in [3.05, 3.63) is 53.5 Å². The highest BCUT2D eigenvalue weighted by Crippen LogP contribution is 2.40. The lowest BCUT2D eigenvalue weighted by atomic mass is 10.2. The van der Waals surface area contributed by atoms with Crippen molar-refractivity contribution in [2.24, 2.45) is 0 Å². The van der Waals surface area contributed by atoms with Crippen molar-refractivity contribution in [1.29, 1.82) is 0 Å². The van der Waals surface area contributed by atoms with Gasteiger partial charge in [0.1, 0.15) is 11.4 Å². The van der Waals surface area contributed by atoms with Crippen LogP contribution < -0.4 is 10.1 Å². The maximum atomic E-state index is 13.4. The number of alkyl halides is 2. The first kappa shape index (κ1) is 17.4. The molecular weight excluding hydrogens is 354 g/mol. The summed E-state index contributed by atoms with van der Waals surface area (Å²) in [6, 6.07) is 9.69. The van der Waals surface area contributed by atoms with E-state index in [9.17, 15) is 13.6 Å². The molecule has 0 saturated heterocycles. The molecule has 1 N–H and O–H groups in total. The molecule has 8 heteroatoms. The number of amides is 1. The lowest BCUT2D eigenvalue weighted by Gasteiger charge is -2.06. The Kier molecular flexibility index (Phi) is 4.47. The van der Waals surface area contributed by atoms with Crippen molar-refractivity contribution in [1.82, 2.24) is 14.6 Å². The molecule has 1 saturated carbocycles. The third kappa shape index (κ3) is 3.60. The zero-order valence-corrected chi connectivity index (χ0v) is 14.7. The highest BCUT2D eigenvalue weighted by Gasteiger charge is 2.28. The predicted molar refractivity (Wildman–Crippen MR) is 95.5 cm³/mol. The Labute approximate surface area is 154 Å². The van der Waals surface area contributed by atoms with Gasteiger partial charge in [-0.1, -0.05) is 0 Å². The van der Waals surface area contributed by atoms with Crippen molar-refractivity contribution in [3.63, 3.8) is 0 Å². The van der Waals surface area contributed by atoms with Crippen LogP contribution >= 0.6 is 0 Å². The van der Waals surface area contributed by atoms with Crippen molar-refractivity contribution < 1.29 is 18.3 Å². The van der Waals surface area contributed by atoms with Gasteiger partial charge in [-0.05, 0) is 50.1 Å². The first-order valence-corrected chi connectivity index (χ1v) is 8.78. The Bertz CT molecular complexity index is 981. The zero-order valence-electron chi connectivity index (χ0n) is 14.7. The van der Waals surface area contributed by atoms with Gasteiger partial charge in [-0.3, -0.25) is 4.79 Å². The van der Waals surface area contributed by atoms with Gasteiger partial charge < -0.3 is 10.1 Å². The largest absolute Gasteiger partial charge is 0.494 e. The Morgan fingerprint density at radius 2 is 2.04 bits per heavy atom. The number of benzene rings is 1. The summed E-state index contributed by atoms with van der Waals surface area (Å²) in [6.45, 7) is 2.44. The van der Waals surface area contributed by atoms with Crippen molar-refractivity contribution in [2.75, 3.05) is 11.9 Å². The van der Waals surface area contributed by atoms with Gasteiger partial charge in [0, 0.05) is 23.4 Å². The van der Waals surface area contributed by atoms with E-state index in [1.54, 1.807) is 24.3 Å². The van der Waals surface area contributed by atoms with Gasteiger partial charge in [0.05, 0.1) is 6.61 Å². The molecule has 2 aromatic heterocycles. The van der Waals surface area contributed by atoms with E-state index in [0.717, 1.165) is 17.4 Å². The average Bonchev–Trinajstić information content (AvgIpc) is 3.41. The molecule has 0 bridgehead atoms. The number of hydrogen-bond acceptors (Lipinski definition) is 4. The molecule has 1 fully saturated rings. The third-order valence-electron chi connectivity index (χ3n) is 4.35. The minimum Gasteiger partial charge on any atom is -0.494 e. The maximum Gasteiger partial charge on any atom is 0.280 e. The van der Waals surface area contributed by atoms with E-state index in [4.69, 9.17) is 4.74 Å². The molecule has 1 aromatic carbocycles. The molecule has 0 radical (unpaired) electrons. The number of halogens is 2. The van der Waals surface area contributed by atoms with Crippen LogP contribution in [0.15, 0.2) is 36.4 Å².